The van der Waals surface area contributed by atoms with E-state index in [0.29, 0.717) is 4.91 Å². The number of nitrogens with zero attached hydrogens (tertiary/aromatic N) is 1. The fourth-order valence-corrected chi connectivity index (χ4v) is 3.89. The second kappa shape index (κ2) is 7.03. The van der Waals surface area contributed by atoms with Crippen molar-refractivity contribution in [1.82, 2.24) is 10.2 Å². The normalized spacial score (nSPS) is 17.9. The van der Waals surface area contributed by atoms with Crippen molar-refractivity contribution in [2.45, 2.75) is 13.0 Å². The fourth-order valence-electron chi connectivity index (χ4n) is 1.74. The molecule has 2 amide bonds. The van der Waals surface area contributed by atoms with Gasteiger partial charge in [-0.3, -0.25) is 19.3 Å². The molecule has 1 aliphatic rings. The smallest absolute Gasteiger partial charge is 0.322 e. The summed E-state index contributed by atoms with van der Waals surface area (Å²) >= 11 is 7.78. The Morgan fingerprint density at radius 1 is 1.55 bits per heavy atom. The number of carbonyl (C=O) groups excluding carboxylic acids is 2. The van der Waals surface area contributed by atoms with Crippen LogP contribution in [0.1, 0.15) is 11.8 Å². The highest BCUT2D eigenvalue weighted by atomic mass is 32.2. The molecule has 9 heteroatoms. The Kier molecular flexibility index (Phi) is 5.33. The van der Waals surface area contributed by atoms with Crippen LogP contribution in [0.2, 0.25) is 0 Å². The van der Waals surface area contributed by atoms with Crippen molar-refractivity contribution in [2.24, 2.45) is 0 Å². The first kappa shape index (κ1) is 16.7. The van der Waals surface area contributed by atoms with E-state index in [4.69, 9.17) is 17.3 Å². The van der Waals surface area contributed by atoms with Crippen LogP contribution in [0.5, 0.6) is 0 Å². The highest BCUT2D eigenvalue weighted by Crippen LogP contribution is 2.34. The number of carbonyl (C=O) groups is 3. The minimum Gasteiger partial charge on any atom is -0.480 e. The van der Waals surface area contributed by atoms with Crippen molar-refractivity contribution in [2.75, 3.05) is 6.54 Å². The largest absolute Gasteiger partial charge is 0.480 e. The van der Waals surface area contributed by atoms with Crippen LogP contribution in [0, 0.1) is 0 Å². The Labute approximate surface area is 140 Å². The van der Waals surface area contributed by atoms with Gasteiger partial charge in [0.2, 0.25) is 5.91 Å². The summed E-state index contributed by atoms with van der Waals surface area (Å²) in [5.41, 5.74) is 0. The number of thioether (sulfide) groups is 1. The number of amides is 2. The molecule has 1 saturated heterocycles. The van der Waals surface area contributed by atoms with Gasteiger partial charge in [-0.25, -0.2) is 0 Å². The standard InChI is InChI=1S/C13H12N2O4S3/c1-7(11(18)14-6-10(16)17)15-12(19)9(22-13(15)20)5-8-3-2-4-21-8/h2-5,7H,6H2,1H3,(H,14,18)(H,16,17)/b9-5-. The first-order valence-electron chi connectivity index (χ1n) is 6.20. The predicted molar refractivity (Wildman–Crippen MR) is 89.4 cm³/mol. The molecule has 0 spiro atoms. The number of nitrogens with one attached hydrogen (secondary N) is 1. The predicted octanol–water partition coefficient (Wildman–Crippen LogP) is 1.54. The Bertz CT molecular complexity index is 654. The van der Waals surface area contributed by atoms with Crippen LogP contribution in [0.3, 0.4) is 0 Å². The molecule has 2 rings (SSSR count). The van der Waals surface area contributed by atoms with Gasteiger partial charge in [0.05, 0.1) is 4.91 Å². The maximum atomic E-state index is 12.4. The number of thiophene rings is 1. The van der Waals surface area contributed by atoms with Crippen LogP contribution in [0.25, 0.3) is 6.08 Å². The van der Waals surface area contributed by atoms with Gasteiger partial charge in [-0.1, -0.05) is 30.0 Å². The number of aliphatic carboxylic acids is 1. The van der Waals surface area contributed by atoms with Gasteiger partial charge < -0.3 is 10.4 Å². The average Bonchev–Trinajstić information content (AvgIpc) is 3.05. The Morgan fingerprint density at radius 2 is 2.27 bits per heavy atom. The third kappa shape index (κ3) is 3.73. The molecule has 1 aromatic rings. The first-order valence-corrected chi connectivity index (χ1v) is 8.30. The average molecular weight is 356 g/mol. The molecule has 2 N–H and O–H groups in total. The number of rotatable bonds is 5. The number of hydrogen-bond acceptors (Lipinski definition) is 6. The molecule has 1 fully saturated rings. The fraction of sp³-hybridized carbons (Fsp3) is 0.231. The summed E-state index contributed by atoms with van der Waals surface area (Å²) in [6.45, 7) is 1.01. The van der Waals surface area contributed by atoms with Crippen molar-refractivity contribution in [3.05, 3.63) is 27.3 Å². The minimum atomic E-state index is -1.15. The van der Waals surface area contributed by atoms with E-state index in [9.17, 15) is 14.4 Å². The zero-order valence-electron chi connectivity index (χ0n) is 11.4. The molecule has 0 aliphatic carbocycles. The lowest BCUT2D eigenvalue weighted by atomic mass is 10.2. The number of carboxylic acid groups (broad SMARTS) is 1. The van der Waals surface area contributed by atoms with E-state index in [-0.39, 0.29) is 10.2 Å². The SMILES string of the molecule is CC(C(=O)NCC(=O)O)N1C(=O)/C(=C/c2cccs2)SC1=S. The lowest BCUT2D eigenvalue weighted by Gasteiger charge is -2.21. The highest BCUT2D eigenvalue weighted by Gasteiger charge is 2.38. The van der Waals surface area contributed by atoms with Crippen LogP contribution in [-0.4, -0.2) is 44.7 Å². The van der Waals surface area contributed by atoms with Crippen LogP contribution < -0.4 is 5.32 Å². The van der Waals surface area contributed by atoms with Gasteiger partial charge in [0.15, 0.2) is 0 Å². The van der Waals surface area contributed by atoms with Gasteiger partial charge in [0, 0.05) is 4.88 Å². The summed E-state index contributed by atoms with van der Waals surface area (Å²) in [4.78, 5) is 37.3. The highest BCUT2D eigenvalue weighted by molar-refractivity contribution is 8.26. The van der Waals surface area contributed by atoms with Gasteiger partial charge in [0.1, 0.15) is 16.9 Å². The number of hydrogen-bond donors (Lipinski definition) is 2. The van der Waals surface area contributed by atoms with Crippen LogP contribution >= 0.6 is 35.3 Å². The van der Waals surface area contributed by atoms with Crippen molar-refractivity contribution in [3.63, 3.8) is 0 Å². The van der Waals surface area contributed by atoms with E-state index in [1.54, 1.807) is 6.08 Å². The molecule has 1 atom stereocenters. The molecule has 116 valence electrons. The van der Waals surface area contributed by atoms with Crippen LogP contribution in [0.4, 0.5) is 0 Å². The van der Waals surface area contributed by atoms with Gasteiger partial charge in [-0.15, -0.1) is 11.3 Å². The monoisotopic (exact) mass is 356 g/mol. The van der Waals surface area contributed by atoms with E-state index in [1.807, 2.05) is 17.5 Å². The molecule has 0 radical (unpaired) electrons. The lowest BCUT2D eigenvalue weighted by molar-refractivity contribution is -0.139. The number of thiocarbonyl (C=S) groups is 1. The third-order valence-corrected chi connectivity index (χ3v) is 4.97. The van der Waals surface area contributed by atoms with Crippen LogP contribution in [-0.2, 0) is 14.4 Å². The van der Waals surface area contributed by atoms with Gasteiger partial charge in [0.25, 0.3) is 5.91 Å². The maximum absolute atomic E-state index is 12.4. The van der Waals surface area contributed by atoms with Crippen molar-refractivity contribution in [3.8, 4) is 0 Å². The topological polar surface area (TPSA) is 86.7 Å². The molecule has 0 bridgehead atoms. The Hall–Kier alpha value is -1.71. The molecule has 1 aromatic heterocycles. The van der Waals surface area contributed by atoms with Crippen molar-refractivity contribution in [1.29, 1.82) is 0 Å². The second-order valence-electron chi connectivity index (χ2n) is 4.35. The molecule has 1 unspecified atom stereocenters. The molecule has 0 saturated carbocycles. The quantitative estimate of drug-likeness (QED) is 0.615. The summed E-state index contributed by atoms with van der Waals surface area (Å²) in [5.74, 6) is -2.05. The molecular weight excluding hydrogens is 344 g/mol. The van der Waals surface area contributed by atoms with E-state index < -0.39 is 24.5 Å². The first-order chi connectivity index (χ1) is 10.4. The molecular formula is C13H12N2O4S3. The summed E-state index contributed by atoms with van der Waals surface area (Å²) in [6.07, 6.45) is 1.73. The van der Waals surface area contributed by atoms with E-state index in [0.717, 1.165) is 16.6 Å². The molecule has 6 nitrogen and oxygen atoms in total. The Balaban J connectivity index is 2.11. The summed E-state index contributed by atoms with van der Waals surface area (Å²) in [7, 11) is 0. The zero-order chi connectivity index (χ0) is 16.3. The molecule has 22 heavy (non-hydrogen) atoms. The van der Waals surface area contributed by atoms with E-state index >= 15 is 0 Å². The van der Waals surface area contributed by atoms with Crippen molar-refractivity contribution < 1.29 is 19.5 Å². The summed E-state index contributed by atoms with van der Waals surface area (Å²) in [6, 6.07) is 2.89. The lowest BCUT2D eigenvalue weighted by Crippen LogP contribution is -2.48. The summed E-state index contributed by atoms with van der Waals surface area (Å²) < 4.78 is 0.283. The van der Waals surface area contributed by atoms with Crippen LogP contribution in [0.15, 0.2) is 22.4 Å². The molecule has 0 aromatic carbocycles. The van der Waals surface area contributed by atoms with E-state index in [2.05, 4.69) is 5.32 Å². The second-order valence-corrected chi connectivity index (χ2v) is 7.01. The van der Waals surface area contributed by atoms with E-state index in [1.165, 1.54) is 23.2 Å². The molecule has 2 heterocycles. The van der Waals surface area contributed by atoms with Gasteiger partial charge in [-0.05, 0) is 24.4 Å². The Morgan fingerprint density at radius 3 is 2.86 bits per heavy atom. The number of carboxylic acids is 1. The zero-order valence-corrected chi connectivity index (χ0v) is 13.9. The minimum absolute atomic E-state index is 0.283. The third-order valence-electron chi connectivity index (χ3n) is 2.82. The maximum Gasteiger partial charge on any atom is 0.322 e. The van der Waals surface area contributed by atoms with Gasteiger partial charge >= 0.3 is 5.97 Å². The summed E-state index contributed by atoms with van der Waals surface area (Å²) in [5, 5.41) is 12.7. The molecule has 1 aliphatic heterocycles. The van der Waals surface area contributed by atoms with Crippen molar-refractivity contribution >= 4 is 63.5 Å². The van der Waals surface area contributed by atoms with Gasteiger partial charge in [-0.2, -0.15) is 0 Å².